The third-order valence-electron chi connectivity index (χ3n) is 4.29. The third-order valence-corrected chi connectivity index (χ3v) is 5.28. The Morgan fingerprint density at radius 2 is 1.39 bits per heavy atom. The van der Waals surface area contributed by atoms with Crippen molar-refractivity contribution in [1.82, 2.24) is 0 Å². The zero-order chi connectivity index (χ0) is 20.1. The summed E-state index contributed by atoms with van der Waals surface area (Å²) in [5.74, 6) is -0.368. The standard InChI is InChI=1S/C22H18Br2O4/c1-26-22(25)21-12-18(24)8-10-20(21)15-5-3-14(4-6-15)19-9-7-17(23)11-16(19)13-28-27-2/h3-12H,13H2,1-2H3. The van der Waals surface area contributed by atoms with E-state index in [-0.39, 0.29) is 5.97 Å². The van der Waals surface area contributed by atoms with Gasteiger partial charge in [0, 0.05) is 8.95 Å². The minimum Gasteiger partial charge on any atom is -0.465 e. The summed E-state index contributed by atoms with van der Waals surface area (Å²) in [6.45, 7) is 0.340. The molecule has 144 valence electrons. The maximum absolute atomic E-state index is 12.2. The number of methoxy groups -OCH3 is 1. The molecular formula is C22H18Br2O4. The first-order valence-electron chi connectivity index (χ1n) is 8.46. The largest absolute Gasteiger partial charge is 0.465 e. The Morgan fingerprint density at radius 1 is 0.821 bits per heavy atom. The van der Waals surface area contributed by atoms with E-state index in [1.54, 1.807) is 6.07 Å². The van der Waals surface area contributed by atoms with Gasteiger partial charge in [0.25, 0.3) is 0 Å². The van der Waals surface area contributed by atoms with E-state index < -0.39 is 0 Å². The van der Waals surface area contributed by atoms with Crippen molar-refractivity contribution in [1.29, 1.82) is 0 Å². The van der Waals surface area contributed by atoms with Crippen LogP contribution in [0.25, 0.3) is 22.3 Å². The van der Waals surface area contributed by atoms with Crippen LogP contribution in [0.5, 0.6) is 0 Å². The SMILES string of the molecule is COOCc1cc(Br)ccc1-c1ccc(-c2ccc(Br)cc2C(=O)OC)cc1. The van der Waals surface area contributed by atoms with Crippen molar-refractivity contribution in [2.75, 3.05) is 14.2 Å². The van der Waals surface area contributed by atoms with E-state index in [1.165, 1.54) is 14.2 Å². The highest BCUT2D eigenvalue weighted by molar-refractivity contribution is 9.10. The molecule has 3 rings (SSSR count). The quantitative estimate of drug-likeness (QED) is 0.220. The lowest BCUT2D eigenvalue weighted by Crippen LogP contribution is -2.03. The van der Waals surface area contributed by atoms with Crippen molar-refractivity contribution in [3.05, 3.63) is 80.7 Å². The van der Waals surface area contributed by atoms with Gasteiger partial charge in [-0.05, 0) is 52.1 Å². The van der Waals surface area contributed by atoms with Crippen molar-refractivity contribution in [3.8, 4) is 22.3 Å². The van der Waals surface area contributed by atoms with Crippen LogP contribution >= 0.6 is 31.9 Å². The maximum Gasteiger partial charge on any atom is 0.338 e. The molecule has 3 aromatic rings. The van der Waals surface area contributed by atoms with E-state index in [4.69, 9.17) is 14.5 Å². The second-order valence-corrected chi connectivity index (χ2v) is 7.82. The molecule has 3 aromatic carbocycles. The Hall–Kier alpha value is -1.99. The Balaban J connectivity index is 1.99. The summed E-state index contributed by atoms with van der Waals surface area (Å²) < 4.78 is 6.72. The number of hydrogen-bond donors (Lipinski definition) is 0. The monoisotopic (exact) mass is 504 g/mol. The molecule has 0 aliphatic heterocycles. The van der Waals surface area contributed by atoms with Gasteiger partial charge in [0.2, 0.25) is 0 Å². The topological polar surface area (TPSA) is 44.8 Å². The molecule has 28 heavy (non-hydrogen) atoms. The second kappa shape index (κ2) is 9.47. The van der Waals surface area contributed by atoms with E-state index in [9.17, 15) is 4.79 Å². The number of halogens is 2. The smallest absolute Gasteiger partial charge is 0.338 e. The van der Waals surface area contributed by atoms with Crippen molar-refractivity contribution < 1.29 is 19.3 Å². The summed E-state index contributed by atoms with van der Waals surface area (Å²) in [5, 5.41) is 0. The van der Waals surface area contributed by atoms with Crippen molar-refractivity contribution in [3.63, 3.8) is 0 Å². The van der Waals surface area contributed by atoms with Gasteiger partial charge in [-0.3, -0.25) is 0 Å². The van der Waals surface area contributed by atoms with Crippen LogP contribution in [0.15, 0.2) is 69.6 Å². The normalized spacial score (nSPS) is 10.7. The van der Waals surface area contributed by atoms with Crippen LogP contribution in [0, 0.1) is 0 Å². The van der Waals surface area contributed by atoms with E-state index in [0.717, 1.165) is 36.8 Å². The molecule has 0 aliphatic carbocycles. The van der Waals surface area contributed by atoms with Crippen LogP contribution < -0.4 is 0 Å². The highest BCUT2D eigenvalue weighted by Crippen LogP contribution is 2.32. The minimum atomic E-state index is -0.368. The second-order valence-electron chi connectivity index (χ2n) is 5.99. The van der Waals surface area contributed by atoms with E-state index >= 15 is 0 Å². The summed E-state index contributed by atoms with van der Waals surface area (Å²) in [4.78, 5) is 22.0. The first kappa shape index (κ1) is 20.7. The summed E-state index contributed by atoms with van der Waals surface area (Å²) >= 11 is 6.90. The summed E-state index contributed by atoms with van der Waals surface area (Å²) in [6, 6.07) is 19.7. The molecule has 0 saturated carbocycles. The molecule has 0 aromatic heterocycles. The molecule has 0 N–H and O–H groups in total. The number of hydrogen-bond acceptors (Lipinski definition) is 4. The lowest BCUT2D eigenvalue weighted by Gasteiger charge is -2.12. The highest BCUT2D eigenvalue weighted by atomic mass is 79.9. The summed E-state index contributed by atoms with van der Waals surface area (Å²) in [5.41, 5.74) is 5.37. The molecule has 4 nitrogen and oxygen atoms in total. The van der Waals surface area contributed by atoms with Crippen molar-refractivity contribution in [2.24, 2.45) is 0 Å². The van der Waals surface area contributed by atoms with E-state index in [0.29, 0.717) is 12.2 Å². The predicted molar refractivity (Wildman–Crippen MR) is 116 cm³/mol. The average Bonchev–Trinajstić information content (AvgIpc) is 2.72. The predicted octanol–water partition coefficient (Wildman–Crippen LogP) is 6.41. The van der Waals surface area contributed by atoms with Crippen molar-refractivity contribution in [2.45, 2.75) is 6.61 Å². The van der Waals surface area contributed by atoms with Crippen LogP contribution in [0.3, 0.4) is 0 Å². The Kier molecular flexibility index (Phi) is 7.02. The fourth-order valence-corrected chi connectivity index (χ4v) is 3.73. The number of ether oxygens (including phenoxy) is 1. The fraction of sp³-hybridized carbons (Fsp3) is 0.136. The summed E-state index contributed by atoms with van der Waals surface area (Å²) in [6.07, 6.45) is 0. The zero-order valence-electron chi connectivity index (χ0n) is 15.4. The Morgan fingerprint density at radius 3 is 2.00 bits per heavy atom. The highest BCUT2D eigenvalue weighted by Gasteiger charge is 2.14. The zero-order valence-corrected chi connectivity index (χ0v) is 18.5. The third kappa shape index (κ3) is 4.70. The first-order chi connectivity index (χ1) is 13.5. The Bertz CT molecular complexity index is 984. The number of esters is 1. The number of benzene rings is 3. The number of carbonyl (C=O) groups is 1. The van der Waals surface area contributed by atoms with Crippen LogP contribution in [-0.4, -0.2) is 20.2 Å². The molecule has 0 atom stereocenters. The van der Waals surface area contributed by atoms with Gasteiger partial charge in [-0.1, -0.05) is 68.3 Å². The van der Waals surface area contributed by atoms with Gasteiger partial charge in [-0.2, -0.15) is 0 Å². The van der Waals surface area contributed by atoms with Gasteiger partial charge >= 0.3 is 5.97 Å². The summed E-state index contributed by atoms with van der Waals surface area (Å²) in [7, 11) is 2.87. The van der Waals surface area contributed by atoms with Crippen LogP contribution in [-0.2, 0) is 21.1 Å². The minimum absolute atomic E-state index is 0.340. The van der Waals surface area contributed by atoms with Gasteiger partial charge in [0.1, 0.15) is 6.61 Å². The van der Waals surface area contributed by atoms with Gasteiger partial charge in [0.05, 0.1) is 19.8 Å². The van der Waals surface area contributed by atoms with E-state index in [1.807, 2.05) is 54.6 Å². The van der Waals surface area contributed by atoms with Gasteiger partial charge in [-0.15, -0.1) is 0 Å². The van der Waals surface area contributed by atoms with Gasteiger partial charge < -0.3 is 4.74 Å². The van der Waals surface area contributed by atoms with Gasteiger partial charge in [0.15, 0.2) is 0 Å². The lowest BCUT2D eigenvalue weighted by molar-refractivity contribution is -0.282. The maximum atomic E-state index is 12.2. The van der Waals surface area contributed by atoms with E-state index in [2.05, 4.69) is 31.9 Å². The van der Waals surface area contributed by atoms with Crippen LogP contribution in [0.2, 0.25) is 0 Å². The molecule has 6 heteroatoms. The Labute approximate surface area is 180 Å². The molecule has 0 radical (unpaired) electrons. The molecule has 0 saturated heterocycles. The molecule has 0 amide bonds. The van der Waals surface area contributed by atoms with Gasteiger partial charge in [-0.25, -0.2) is 14.6 Å². The first-order valence-corrected chi connectivity index (χ1v) is 10.0. The molecular weight excluding hydrogens is 488 g/mol. The number of rotatable bonds is 6. The lowest BCUT2D eigenvalue weighted by atomic mass is 9.95. The fourth-order valence-electron chi connectivity index (χ4n) is 2.96. The average molecular weight is 506 g/mol. The molecule has 0 bridgehead atoms. The molecule has 0 unspecified atom stereocenters. The van der Waals surface area contributed by atoms with Crippen molar-refractivity contribution >= 4 is 37.8 Å². The molecule has 0 aliphatic rings. The van der Waals surface area contributed by atoms with Crippen LogP contribution in [0.4, 0.5) is 0 Å². The molecule has 0 heterocycles. The molecule has 0 spiro atoms. The molecule has 0 fully saturated rings. The number of carbonyl (C=O) groups excluding carboxylic acids is 1. The van der Waals surface area contributed by atoms with Crippen LogP contribution in [0.1, 0.15) is 15.9 Å².